The van der Waals surface area contributed by atoms with Gasteiger partial charge >= 0.3 is 0 Å². The van der Waals surface area contributed by atoms with Crippen LogP contribution < -0.4 is 0 Å². The molecule has 0 heteroatoms. The van der Waals surface area contributed by atoms with E-state index in [2.05, 4.69) is 20.8 Å². The fourth-order valence-corrected chi connectivity index (χ4v) is 7.22. The van der Waals surface area contributed by atoms with Crippen LogP contribution in [0.1, 0.15) is 177 Å². The SMILES string of the molecule is CC.CC.CC1CCCC(C2CCCC(C)CC(C3CC3)C2)CCC1.CC1CCCCCCC1. The maximum absolute atomic E-state index is 2.52. The summed E-state index contributed by atoms with van der Waals surface area (Å²) in [5.74, 6) is 7.46. The number of rotatable bonds is 2. The molecule has 0 aromatic heterocycles. The Bertz CT molecular complexity index is 417. The molecular formula is C34H68. The van der Waals surface area contributed by atoms with Crippen LogP contribution in [0.3, 0.4) is 0 Å². The van der Waals surface area contributed by atoms with Crippen molar-refractivity contribution in [1.82, 2.24) is 0 Å². The zero-order chi connectivity index (χ0) is 25.2. The predicted molar refractivity (Wildman–Crippen MR) is 156 cm³/mol. The quantitative estimate of drug-likeness (QED) is 0.371. The van der Waals surface area contributed by atoms with E-state index in [0.29, 0.717) is 0 Å². The zero-order valence-corrected chi connectivity index (χ0v) is 25.2. The molecule has 0 amide bonds. The maximum atomic E-state index is 2.52. The predicted octanol–water partition coefficient (Wildman–Crippen LogP) is 12.3. The largest absolute Gasteiger partial charge is 0.0683 e. The first-order valence-electron chi connectivity index (χ1n) is 16.6. The molecule has 0 heterocycles. The Morgan fingerprint density at radius 3 is 1.18 bits per heavy atom. The van der Waals surface area contributed by atoms with Gasteiger partial charge in [-0.2, -0.15) is 0 Å². The fraction of sp³-hybridized carbons (Fsp3) is 1.00. The summed E-state index contributed by atoms with van der Waals surface area (Å²) in [5.41, 5.74) is 0. The molecule has 0 aliphatic heterocycles. The molecule has 4 saturated carbocycles. The van der Waals surface area contributed by atoms with Crippen molar-refractivity contribution in [2.45, 2.75) is 177 Å². The highest BCUT2D eigenvalue weighted by atomic mass is 14.4. The molecule has 0 aromatic rings. The average molecular weight is 477 g/mol. The van der Waals surface area contributed by atoms with E-state index in [0.717, 1.165) is 41.4 Å². The van der Waals surface area contributed by atoms with Crippen LogP contribution in [-0.4, -0.2) is 0 Å². The molecule has 4 rings (SSSR count). The molecule has 0 spiro atoms. The summed E-state index contributed by atoms with van der Waals surface area (Å²) in [4.78, 5) is 0. The summed E-state index contributed by atoms with van der Waals surface area (Å²) in [6, 6.07) is 0. The van der Waals surface area contributed by atoms with Gasteiger partial charge in [-0.25, -0.2) is 0 Å². The molecule has 0 radical (unpaired) electrons. The van der Waals surface area contributed by atoms with Gasteiger partial charge in [-0.05, 0) is 67.1 Å². The molecule has 0 aromatic carbocycles. The molecular weight excluding hydrogens is 408 g/mol. The van der Waals surface area contributed by atoms with E-state index in [-0.39, 0.29) is 0 Å². The van der Waals surface area contributed by atoms with Crippen LogP contribution in [0.5, 0.6) is 0 Å². The standard InChI is InChI=1S/C21H38.C9H18.2C2H6/c1-16-6-3-9-18(10-4-7-16)20-11-5-8-17(2)14-21(15-20)19-12-13-19;1-9-7-5-3-2-4-6-8-9;2*1-2/h16-21H,3-15H2,1-2H3;9H,2-8H2,1H3;2*1-2H3. The monoisotopic (exact) mass is 477 g/mol. The average Bonchev–Trinajstić information content (AvgIpc) is 3.65. The number of hydrogen-bond acceptors (Lipinski definition) is 0. The molecule has 0 saturated heterocycles. The second-order valence-corrected chi connectivity index (χ2v) is 12.5. The van der Waals surface area contributed by atoms with Crippen molar-refractivity contribution in [2.75, 3.05) is 0 Å². The third kappa shape index (κ3) is 13.9. The third-order valence-corrected chi connectivity index (χ3v) is 9.48. The summed E-state index contributed by atoms with van der Waals surface area (Å²) in [6.45, 7) is 15.4. The molecule has 204 valence electrons. The Labute approximate surface area is 218 Å². The lowest BCUT2D eigenvalue weighted by atomic mass is 9.70. The number of hydrogen-bond donors (Lipinski definition) is 0. The van der Waals surface area contributed by atoms with E-state index in [1.807, 2.05) is 27.7 Å². The first-order chi connectivity index (χ1) is 16.6. The van der Waals surface area contributed by atoms with Crippen molar-refractivity contribution < 1.29 is 0 Å². The lowest BCUT2D eigenvalue weighted by Gasteiger charge is -2.35. The molecule has 34 heavy (non-hydrogen) atoms. The third-order valence-electron chi connectivity index (χ3n) is 9.48. The summed E-state index contributed by atoms with van der Waals surface area (Å²) < 4.78 is 0. The van der Waals surface area contributed by atoms with E-state index in [4.69, 9.17) is 0 Å². The fourth-order valence-electron chi connectivity index (χ4n) is 7.22. The van der Waals surface area contributed by atoms with Gasteiger partial charge in [-0.1, -0.05) is 151 Å². The first kappa shape index (κ1) is 32.0. The molecule has 3 unspecified atom stereocenters. The Morgan fingerprint density at radius 2 is 0.676 bits per heavy atom. The summed E-state index contributed by atoms with van der Waals surface area (Å²) in [5, 5.41) is 0. The van der Waals surface area contributed by atoms with E-state index in [9.17, 15) is 0 Å². The van der Waals surface area contributed by atoms with Crippen molar-refractivity contribution in [3.8, 4) is 0 Å². The van der Waals surface area contributed by atoms with E-state index in [1.54, 1.807) is 44.9 Å². The Hall–Kier alpha value is 0. The topological polar surface area (TPSA) is 0 Å². The summed E-state index contributed by atoms with van der Waals surface area (Å²) >= 11 is 0. The molecule has 4 aliphatic carbocycles. The van der Waals surface area contributed by atoms with Crippen LogP contribution in [0.4, 0.5) is 0 Å². The van der Waals surface area contributed by atoms with Gasteiger partial charge in [0.15, 0.2) is 0 Å². The first-order valence-corrected chi connectivity index (χ1v) is 16.6. The van der Waals surface area contributed by atoms with Crippen molar-refractivity contribution in [1.29, 1.82) is 0 Å². The van der Waals surface area contributed by atoms with Gasteiger partial charge in [0.1, 0.15) is 0 Å². The molecule has 4 aliphatic rings. The maximum Gasteiger partial charge on any atom is -0.0381 e. The normalized spacial score (nSPS) is 33.8. The Morgan fingerprint density at radius 1 is 0.294 bits per heavy atom. The van der Waals surface area contributed by atoms with Gasteiger partial charge in [0, 0.05) is 0 Å². The Balaban J connectivity index is 0.000000373. The molecule has 4 fully saturated rings. The van der Waals surface area contributed by atoms with Gasteiger partial charge in [0.25, 0.3) is 0 Å². The lowest BCUT2D eigenvalue weighted by Crippen LogP contribution is -2.24. The smallest absolute Gasteiger partial charge is 0.0381 e. The minimum absolute atomic E-state index is 1.00. The van der Waals surface area contributed by atoms with E-state index >= 15 is 0 Å². The van der Waals surface area contributed by atoms with Gasteiger partial charge in [-0.15, -0.1) is 0 Å². The van der Waals surface area contributed by atoms with Crippen molar-refractivity contribution in [2.24, 2.45) is 41.4 Å². The van der Waals surface area contributed by atoms with Crippen LogP contribution >= 0.6 is 0 Å². The molecule has 3 atom stereocenters. The second kappa shape index (κ2) is 20.1. The van der Waals surface area contributed by atoms with Crippen LogP contribution in [-0.2, 0) is 0 Å². The van der Waals surface area contributed by atoms with Crippen molar-refractivity contribution >= 4 is 0 Å². The van der Waals surface area contributed by atoms with Crippen LogP contribution in [0.15, 0.2) is 0 Å². The highest BCUT2D eigenvalue weighted by Crippen LogP contribution is 2.47. The Kier molecular flexibility index (Phi) is 18.9. The molecule has 0 nitrogen and oxygen atoms in total. The van der Waals surface area contributed by atoms with Crippen LogP contribution in [0, 0.1) is 41.4 Å². The summed E-state index contributed by atoms with van der Waals surface area (Å²) in [6.07, 6.45) is 30.5. The van der Waals surface area contributed by atoms with Gasteiger partial charge in [-0.3, -0.25) is 0 Å². The van der Waals surface area contributed by atoms with Gasteiger partial charge in [0.2, 0.25) is 0 Å². The minimum atomic E-state index is 1.00. The van der Waals surface area contributed by atoms with Gasteiger partial charge < -0.3 is 0 Å². The van der Waals surface area contributed by atoms with Crippen molar-refractivity contribution in [3.63, 3.8) is 0 Å². The highest BCUT2D eigenvalue weighted by molar-refractivity contribution is 4.87. The molecule has 0 N–H and O–H groups in total. The molecule has 0 bridgehead atoms. The van der Waals surface area contributed by atoms with Gasteiger partial charge in [0.05, 0.1) is 0 Å². The van der Waals surface area contributed by atoms with Crippen LogP contribution in [0.25, 0.3) is 0 Å². The minimum Gasteiger partial charge on any atom is -0.0683 e. The summed E-state index contributed by atoms with van der Waals surface area (Å²) in [7, 11) is 0. The lowest BCUT2D eigenvalue weighted by molar-refractivity contribution is 0.158. The van der Waals surface area contributed by atoms with E-state index in [1.165, 1.54) is 83.5 Å². The zero-order valence-electron chi connectivity index (χ0n) is 25.2. The van der Waals surface area contributed by atoms with E-state index < -0.39 is 0 Å². The highest BCUT2D eigenvalue weighted by Gasteiger charge is 2.36. The second-order valence-electron chi connectivity index (χ2n) is 12.5. The van der Waals surface area contributed by atoms with Crippen molar-refractivity contribution in [3.05, 3.63) is 0 Å². The van der Waals surface area contributed by atoms with Crippen LogP contribution in [0.2, 0.25) is 0 Å².